The van der Waals surface area contributed by atoms with Crippen molar-refractivity contribution in [1.29, 1.82) is 0 Å². The third-order valence-corrected chi connectivity index (χ3v) is 5.13. The summed E-state index contributed by atoms with van der Waals surface area (Å²) in [5.41, 5.74) is 2.03. The molecule has 0 radical (unpaired) electrons. The van der Waals surface area contributed by atoms with Gasteiger partial charge in [-0.3, -0.25) is 19.8 Å². The van der Waals surface area contributed by atoms with E-state index >= 15 is 0 Å². The molecule has 8 heteroatoms. The second-order valence-corrected chi connectivity index (χ2v) is 7.32. The number of carbonyl (C=O) groups is 1. The van der Waals surface area contributed by atoms with Crippen molar-refractivity contribution in [2.45, 2.75) is 13.0 Å². The highest BCUT2D eigenvalue weighted by Gasteiger charge is 2.20. The van der Waals surface area contributed by atoms with E-state index < -0.39 is 4.92 Å². The van der Waals surface area contributed by atoms with Crippen molar-refractivity contribution < 1.29 is 9.72 Å². The molecule has 2 aromatic carbocycles. The second-order valence-electron chi connectivity index (χ2n) is 6.88. The number of carbonyl (C=O) groups excluding carboxylic acids is 1. The standard InChI is InChI=1S/C20H23ClN4O3/c1-15(16-3-2-4-17(21)13-16)22-20(26)14-23-9-11-24(12-10-23)18-5-7-19(8-6-18)25(27)28/h2-8,13,15H,9-12,14H2,1H3,(H,22,26)/t15-/m0/s1. The van der Waals surface area contributed by atoms with Crippen LogP contribution in [0.4, 0.5) is 11.4 Å². The van der Waals surface area contributed by atoms with Gasteiger partial charge in [-0.25, -0.2) is 0 Å². The minimum Gasteiger partial charge on any atom is -0.369 e. The zero-order valence-corrected chi connectivity index (χ0v) is 16.4. The number of halogens is 1. The molecular formula is C20H23ClN4O3. The summed E-state index contributed by atoms with van der Waals surface area (Å²) in [6, 6.07) is 14.0. The molecule has 0 unspecified atom stereocenters. The Morgan fingerprint density at radius 3 is 2.46 bits per heavy atom. The smallest absolute Gasteiger partial charge is 0.269 e. The third-order valence-electron chi connectivity index (χ3n) is 4.89. The molecule has 7 nitrogen and oxygen atoms in total. The molecule has 0 aromatic heterocycles. The van der Waals surface area contributed by atoms with Crippen LogP contribution in [0.1, 0.15) is 18.5 Å². The predicted octanol–water partition coefficient (Wildman–Crippen LogP) is 3.25. The van der Waals surface area contributed by atoms with Crippen molar-refractivity contribution in [3.63, 3.8) is 0 Å². The van der Waals surface area contributed by atoms with E-state index in [2.05, 4.69) is 15.1 Å². The Morgan fingerprint density at radius 1 is 1.18 bits per heavy atom. The van der Waals surface area contributed by atoms with E-state index in [0.29, 0.717) is 11.6 Å². The summed E-state index contributed by atoms with van der Waals surface area (Å²) in [4.78, 5) is 27.0. The highest BCUT2D eigenvalue weighted by atomic mass is 35.5. The van der Waals surface area contributed by atoms with Gasteiger partial charge in [0.1, 0.15) is 0 Å². The molecule has 1 fully saturated rings. The van der Waals surface area contributed by atoms with Gasteiger partial charge in [0.15, 0.2) is 0 Å². The number of piperazine rings is 1. The van der Waals surface area contributed by atoms with Gasteiger partial charge in [0.25, 0.3) is 5.69 Å². The molecule has 28 heavy (non-hydrogen) atoms. The molecule has 1 amide bonds. The van der Waals surface area contributed by atoms with E-state index in [9.17, 15) is 14.9 Å². The van der Waals surface area contributed by atoms with Crippen LogP contribution in [0.15, 0.2) is 48.5 Å². The number of benzene rings is 2. The zero-order valence-electron chi connectivity index (χ0n) is 15.7. The number of nitro groups is 1. The molecule has 1 saturated heterocycles. The quantitative estimate of drug-likeness (QED) is 0.592. The number of nitrogens with zero attached hydrogens (tertiary/aromatic N) is 3. The molecule has 1 atom stereocenters. The monoisotopic (exact) mass is 402 g/mol. The lowest BCUT2D eigenvalue weighted by Crippen LogP contribution is -2.49. The maximum Gasteiger partial charge on any atom is 0.269 e. The van der Waals surface area contributed by atoms with Gasteiger partial charge in [-0.05, 0) is 36.8 Å². The summed E-state index contributed by atoms with van der Waals surface area (Å²) >= 11 is 6.01. The van der Waals surface area contributed by atoms with Gasteiger partial charge in [-0.1, -0.05) is 23.7 Å². The molecule has 2 aromatic rings. The van der Waals surface area contributed by atoms with Crippen LogP contribution in [-0.4, -0.2) is 48.5 Å². The van der Waals surface area contributed by atoms with E-state index in [-0.39, 0.29) is 17.6 Å². The maximum atomic E-state index is 12.4. The fourth-order valence-corrected chi connectivity index (χ4v) is 3.50. The van der Waals surface area contributed by atoms with Crippen molar-refractivity contribution in [1.82, 2.24) is 10.2 Å². The number of anilines is 1. The van der Waals surface area contributed by atoms with Crippen LogP contribution in [-0.2, 0) is 4.79 Å². The highest BCUT2D eigenvalue weighted by molar-refractivity contribution is 6.30. The largest absolute Gasteiger partial charge is 0.369 e. The molecule has 3 rings (SSSR count). The summed E-state index contributed by atoms with van der Waals surface area (Å²) in [5.74, 6) is -0.0174. The molecular weight excluding hydrogens is 380 g/mol. The van der Waals surface area contributed by atoms with Crippen LogP contribution >= 0.6 is 11.6 Å². The second kappa shape index (κ2) is 9.03. The van der Waals surface area contributed by atoms with Gasteiger partial charge in [-0.15, -0.1) is 0 Å². The summed E-state index contributed by atoms with van der Waals surface area (Å²) in [5, 5.41) is 14.4. The summed E-state index contributed by atoms with van der Waals surface area (Å²) in [7, 11) is 0. The fraction of sp³-hybridized carbons (Fsp3) is 0.350. The average Bonchev–Trinajstić information content (AvgIpc) is 2.68. The van der Waals surface area contributed by atoms with Crippen molar-refractivity contribution in [3.05, 3.63) is 69.2 Å². The topological polar surface area (TPSA) is 78.7 Å². The van der Waals surface area contributed by atoms with Crippen molar-refractivity contribution in [2.24, 2.45) is 0 Å². The van der Waals surface area contributed by atoms with Crippen molar-refractivity contribution in [2.75, 3.05) is 37.6 Å². The Bertz CT molecular complexity index is 836. The Morgan fingerprint density at radius 2 is 1.86 bits per heavy atom. The van der Waals surface area contributed by atoms with Gasteiger partial charge in [0.2, 0.25) is 5.91 Å². The van der Waals surface area contributed by atoms with Gasteiger partial charge in [0, 0.05) is 49.0 Å². The van der Waals surface area contributed by atoms with Crippen LogP contribution in [0.3, 0.4) is 0 Å². The lowest BCUT2D eigenvalue weighted by Gasteiger charge is -2.35. The first kappa shape index (κ1) is 20.1. The molecule has 1 N–H and O–H groups in total. The molecule has 0 spiro atoms. The Labute approximate surface area is 169 Å². The van der Waals surface area contributed by atoms with E-state index in [1.54, 1.807) is 12.1 Å². The third kappa shape index (κ3) is 5.21. The summed E-state index contributed by atoms with van der Waals surface area (Å²) in [6.07, 6.45) is 0. The zero-order chi connectivity index (χ0) is 20.1. The van der Waals surface area contributed by atoms with Crippen LogP contribution in [0.2, 0.25) is 5.02 Å². The van der Waals surface area contributed by atoms with Gasteiger partial charge < -0.3 is 10.2 Å². The fourth-order valence-electron chi connectivity index (χ4n) is 3.30. The molecule has 1 heterocycles. The van der Waals surface area contributed by atoms with Crippen LogP contribution in [0.5, 0.6) is 0 Å². The van der Waals surface area contributed by atoms with Gasteiger partial charge in [-0.2, -0.15) is 0 Å². The number of rotatable bonds is 6. The Hall–Kier alpha value is -2.64. The summed E-state index contributed by atoms with van der Waals surface area (Å²) < 4.78 is 0. The Balaban J connectivity index is 1.47. The predicted molar refractivity (Wildman–Crippen MR) is 110 cm³/mol. The number of amides is 1. The van der Waals surface area contributed by atoms with Crippen LogP contribution in [0, 0.1) is 10.1 Å². The number of hydrogen-bond acceptors (Lipinski definition) is 5. The molecule has 148 valence electrons. The normalized spacial score (nSPS) is 15.9. The van der Waals surface area contributed by atoms with E-state index in [1.165, 1.54) is 12.1 Å². The highest BCUT2D eigenvalue weighted by Crippen LogP contribution is 2.21. The molecule has 0 aliphatic carbocycles. The SMILES string of the molecule is C[C@H](NC(=O)CN1CCN(c2ccc([N+](=O)[O-])cc2)CC1)c1cccc(Cl)c1. The minimum atomic E-state index is -0.398. The lowest BCUT2D eigenvalue weighted by atomic mass is 10.1. The van der Waals surface area contributed by atoms with Gasteiger partial charge >= 0.3 is 0 Å². The summed E-state index contributed by atoms with van der Waals surface area (Å²) in [6.45, 7) is 5.35. The van der Waals surface area contributed by atoms with Gasteiger partial charge in [0.05, 0.1) is 17.5 Å². The molecule has 0 bridgehead atoms. The first-order valence-corrected chi connectivity index (χ1v) is 9.57. The molecule has 1 aliphatic heterocycles. The molecule has 1 aliphatic rings. The lowest BCUT2D eigenvalue weighted by molar-refractivity contribution is -0.384. The minimum absolute atomic E-state index is 0.0174. The van der Waals surface area contributed by atoms with E-state index in [0.717, 1.165) is 37.4 Å². The molecule has 0 saturated carbocycles. The maximum absolute atomic E-state index is 12.4. The van der Waals surface area contributed by atoms with Crippen LogP contribution in [0.25, 0.3) is 0 Å². The number of nitro benzene ring substituents is 1. The first-order chi connectivity index (χ1) is 13.4. The van der Waals surface area contributed by atoms with Crippen LogP contribution < -0.4 is 10.2 Å². The number of hydrogen-bond donors (Lipinski definition) is 1. The van der Waals surface area contributed by atoms with E-state index in [1.807, 2.05) is 31.2 Å². The Kier molecular flexibility index (Phi) is 6.49. The average molecular weight is 403 g/mol. The number of nitrogens with one attached hydrogen (secondary N) is 1. The number of non-ortho nitro benzene ring substituents is 1. The van der Waals surface area contributed by atoms with Crippen molar-refractivity contribution >= 4 is 28.9 Å². The van der Waals surface area contributed by atoms with Crippen molar-refractivity contribution in [3.8, 4) is 0 Å². The first-order valence-electron chi connectivity index (χ1n) is 9.19. The van der Waals surface area contributed by atoms with E-state index in [4.69, 9.17) is 11.6 Å².